The average molecular weight is 290 g/mol. The molecule has 1 amide bonds. The summed E-state index contributed by atoms with van der Waals surface area (Å²) in [4.78, 5) is 14.1. The molecule has 1 rings (SSSR count). The molecular weight excluding hydrogens is 268 g/mol. The zero-order valence-electron chi connectivity index (χ0n) is 12.3. The molecule has 1 unspecified atom stereocenters. The summed E-state index contributed by atoms with van der Waals surface area (Å²) in [6, 6.07) is 11.6. The largest absolute Gasteiger partial charge is 0.383 e. The molecular formula is C15H22N4O2. The molecule has 0 spiro atoms. The van der Waals surface area contributed by atoms with Gasteiger partial charge < -0.3 is 4.74 Å². The molecule has 0 bridgehead atoms. The Hall–Kier alpha value is -1.94. The number of methoxy groups -OCH3 is 1. The Morgan fingerprint density at radius 1 is 1.43 bits per heavy atom. The number of carbonyl (C=O) groups is 1. The van der Waals surface area contributed by atoms with Crippen molar-refractivity contribution < 1.29 is 9.53 Å². The van der Waals surface area contributed by atoms with Gasteiger partial charge in [0.2, 0.25) is 5.91 Å². The van der Waals surface area contributed by atoms with E-state index >= 15 is 0 Å². The lowest BCUT2D eigenvalue weighted by Crippen LogP contribution is -2.41. The highest BCUT2D eigenvalue weighted by atomic mass is 16.5. The first-order valence-electron chi connectivity index (χ1n) is 6.86. The lowest BCUT2D eigenvalue weighted by atomic mass is 9.97. The topological polar surface area (TPSA) is 91.4 Å². The predicted molar refractivity (Wildman–Crippen MR) is 80.1 cm³/mol. The minimum absolute atomic E-state index is 0.236. The average Bonchev–Trinajstić information content (AvgIpc) is 2.54. The lowest BCUT2D eigenvalue weighted by Gasteiger charge is -2.26. The van der Waals surface area contributed by atoms with E-state index in [9.17, 15) is 4.79 Å². The van der Waals surface area contributed by atoms with Crippen LogP contribution < -0.4 is 11.3 Å². The predicted octanol–water partition coefficient (Wildman–Crippen LogP) is 0.622. The summed E-state index contributed by atoms with van der Waals surface area (Å²) >= 11 is 0. The van der Waals surface area contributed by atoms with Crippen molar-refractivity contribution in [3.8, 4) is 6.07 Å². The van der Waals surface area contributed by atoms with E-state index in [4.69, 9.17) is 15.8 Å². The molecule has 0 saturated carbocycles. The molecule has 114 valence electrons. The molecule has 1 aromatic carbocycles. The first-order chi connectivity index (χ1) is 10.2. The van der Waals surface area contributed by atoms with Crippen LogP contribution in [-0.4, -0.2) is 44.2 Å². The van der Waals surface area contributed by atoms with Crippen LogP contribution in [0.15, 0.2) is 30.3 Å². The van der Waals surface area contributed by atoms with E-state index in [1.54, 1.807) is 7.11 Å². The van der Waals surface area contributed by atoms with Crippen LogP contribution in [0.1, 0.15) is 17.9 Å². The number of amides is 1. The highest BCUT2D eigenvalue weighted by molar-refractivity contribution is 5.83. The van der Waals surface area contributed by atoms with Crippen molar-refractivity contribution in [3.05, 3.63) is 35.9 Å². The van der Waals surface area contributed by atoms with E-state index in [0.29, 0.717) is 32.7 Å². The van der Waals surface area contributed by atoms with E-state index in [-0.39, 0.29) is 11.8 Å². The molecule has 0 heterocycles. The fourth-order valence-electron chi connectivity index (χ4n) is 2.11. The van der Waals surface area contributed by atoms with E-state index < -0.39 is 0 Å². The maximum atomic E-state index is 12.0. The summed E-state index contributed by atoms with van der Waals surface area (Å²) in [5.74, 6) is 4.69. The Labute approximate surface area is 125 Å². The zero-order valence-corrected chi connectivity index (χ0v) is 12.3. The minimum atomic E-state index is -0.369. The molecule has 0 radical (unpaired) electrons. The van der Waals surface area contributed by atoms with Gasteiger partial charge in [-0.25, -0.2) is 5.84 Å². The highest BCUT2D eigenvalue weighted by Gasteiger charge is 2.22. The van der Waals surface area contributed by atoms with Gasteiger partial charge in [-0.2, -0.15) is 5.26 Å². The summed E-state index contributed by atoms with van der Waals surface area (Å²) < 4.78 is 5.08. The van der Waals surface area contributed by atoms with Gasteiger partial charge in [-0.1, -0.05) is 30.3 Å². The Balaban J connectivity index is 2.81. The Kier molecular flexibility index (Phi) is 8.05. The van der Waals surface area contributed by atoms with Gasteiger partial charge in [-0.05, 0) is 5.56 Å². The number of nitrogens with one attached hydrogen (secondary N) is 1. The van der Waals surface area contributed by atoms with Crippen molar-refractivity contribution in [1.29, 1.82) is 5.26 Å². The summed E-state index contributed by atoms with van der Waals surface area (Å²) in [6.45, 7) is 2.32. The number of benzene rings is 1. The van der Waals surface area contributed by atoms with Crippen LogP contribution in [0.2, 0.25) is 0 Å². The molecule has 1 atom stereocenters. The quantitative estimate of drug-likeness (QED) is 0.395. The van der Waals surface area contributed by atoms with Gasteiger partial charge >= 0.3 is 0 Å². The minimum Gasteiger partial charge on any atom is -0.383 e. The number of carbonyl (C=O) groups excluding carboxylic acids is 1. The number of nitrogens with two attached hydrogens (primary N) is 1. The van der Waals surface area contributed by atoms with Crippen LogP contribution in [0.5, 0.6) is 0 Å². The van der Waals surface area contributed by atoms with Gasteiger partial charge in [-0.15, -0.1) is 0 Å². The fourth-order valence-corrected chi connectivity index (χ4v) is 2.11. The van der Waals surface area contributed by atoms with Crippen LogP contribution in [0.25, 0.3) is 0 Å². The molecule has 6 heteroatoms. The molecule has 0 aliphatic rings. The van der Waals surface area contributed by atoms with Crippen LogP contribution in [0, 0.1) is 11.3 Å². The van der Waals surface area contributed by atoms with Crippen molar-refractivity contribution >= 4 is 5.91 Å². The maximum Gasteiger partial charge on any atom is 0.242 e. The summed E-state index contributed by atoms with van der Waals surface area (Å²) in [5, 5.41) is 8.74. The zero-order chi connectivity index (χ0) is 15.5. The van der Waals surface area contributed by atoms with Crippen LogP contribution in [0.3, 0.4) is 0 Å². The van der Waals surface area contributed by atoms with Crippen LogP contribution >= 0.6 is 0 Å². The van der Waals surface area contributed by atoms with Crippen molar-refractivity contribution in [2.45, 2.75) is 12.3 Å². The summed E-state index contributed by atoms with van der Waals surface area (Å²) in [7, 11) is 1.63. The third kappa shape index (κ3) is 5.92. The van der Waals surface area contributed by atoms with Crippen molar-refractivity contribution in [3.63, 3.8) is 0 Å². The molecule has 6 nitrogen and oxygen atoms in total. The van der Waals surface area contributed by atoms with Crippen LogP contribution in [-0.2, 0) is 9.53 Å². The van der Waals surface area contributed by atoms with Crippen molar-refractivity contribution in [2.75, 3.05) is 33.4 Å². The summed E-state index contributed by atoms with van der Waals surface area (Å²) in [6.07, 6.45) is 0.412. The van der Waals surface area contributed by atoms with E-state index in [0.717, 1.165) is 5.56 Å². The monoisotopic (exact) mass is 290 g/mol. The molecule has 0 aliphatic heterocycles. The van der Waals surface area contributed by atoms with Gasteiger partial charge in [0.05, 0.1) is 18.6 Å². The van der Waals surface area contributed by atoms with Crippen molar-refractivity contribution in [2.24, 2.45) is 5.84 Å². The number of hydrogen-bond acceptors (Lipinski definition) is 5. The second-order valence-corrected chi connectivity index (χ2v) is 4.67. The van der Waals surface area contributed by atoms with Gasteiger partial charge in [0, 0.05) is 33.2 Å². The third-order valence-electron chi connectivity index (χ3n) is 3.25. The normalized spacial score (nSPS) is 11.9. The molecule has 0 saturated heterocycles. The molecule has 3 N–H and O–H groups in total. The number of rotatable bonds is 9. The molecule has 1 aromatic rings. The number of ether oxygens (including phenoxy) is 1. The van der Waals surface area contributed by atoms with E-state index in [1.165, 1.54) is 0 Å². The lowest BCUT2D eigenvalue weighted by molar-refractivity contribution is -0.123. The van der Waals surface area contributed by atoms with Gasteiger partial charge in [0.25, 0.3) is 0 Å². The summed E-state index contributed by atoms with van der Waals surface area (Å²) in [5.41, 5.74) is 3.12. The Morgan fingerprint density at radius 2 is 2.14 bits per heavy atom. The molecule has 21 heavy (non-hydrogen) atoms. The fraction of sp³-hybridized carbons (Fsp3) is 0.467. The second-order valence-electron chi connectivity index (χ2n) is 4.67. The van der Waals surface area contributed by atoms with E-state index in [2.05, 4.69) is 11.5 Å². The Bertz CT molecular complexity index is 458. The number of hydrogen-bond donors (Lipinski definition) is 2. The number of nitriles is 1. The first kappa shape index (κ1) is 17.1. The first-order valence-corrected chi connectivity index (χ1v) is 6.86. The SMILES string of the molecule is COCCN(CCC#N)CC(C(=O)NN)c1ccccc1. The third-order valence-corrected chi connectivity index (χ3v) is 3.25. The molecule has 0 aliphatic carbocycles. The van der Waals surface area contributed by atoms with Gasteiger partial charge in [0.1, 0.15) is 0 Å². The second kappa shape index (κ2) is 9.88. The molecule has 0 aromatic heterocycles. The Morgan fingerprint density at radius 3 is 2.71 bits per heavy atom. The van der Waals surface area contributed by atoms with Gasteiger partial charge in [0.15, 0.2) is 0 Å². The van der Waals surface area contributed by atoms with E-state index in [1.807, 2.05) is 35.2 Å². The standard InChI is InChI=1S/C15H22N4O2/c1-21-11-10-19(9-5-8-16)12-14(15(20)18-17)13-6-3-2-4-7-13/h2-4,6-7,14H,5,9-12,17H2,1H3,(H,18,20). The van der Waals surface area contributed by atoms with Crippen molar-refractivity contribution in [1.82, 2.24) is 10.3 Å². The highest BCUT2D eigenvalue weighted by Crippen LogP contribution is 2.17. The maximum absolute atomic E-state index is 12.0. The van der Waals surface area contributed by atoms with Crippen LogP contribution in [0.4, 0.5) is 0 Å². The molecule has 0 fully saturated rings. The smallest absolute Gasteiger partial charge is 0.242 e. The number of hydrazine groups is 1. The number of nitrogens with zero attached hydrogens (tertiary/aromatic N) is 2. The van der Waals surface area contributed by atoms with Gasteiger partial charge in [-0.3, -0.25) is 15.1 Å².